The van der Waals surface area contributed by atoms with Gasteiger partial charge >= 0.3 is 0 Å². The van der Waals surface area contributed by atoms with Crippen LogP contribution in [0.3, 0.4) is 0 Å². The van der Waals surface area contributed by atoms with Gasteiger partial charge in [0, 0.05) is 24.0 Å². The molecule has 0 fully saturated rings. The van der Waals surface area contributed by atoms with Crippen LogP contribution in [-0.2, 0) is 6.54 Å². The van der Waals surface area contributed by atoms with Crippen molar-refractivity contribution in [3.63, 3.8) is 0 Å². The molecule has 0 spiro atoms. The lowest BCUT2D eigenvalue weighted by molar-refractivity contribution is 0.188. The number of unbranched alkanes of at least 4 members (excludes halogenated alkanes) is 1. The molecule has 0 unspecified atom stereocenters. The van der Waals surface area contributed by atoms with Crippen LogP contribution < -0.4 is 0 Å². The fourth-order valence-electron chi connectivity index (χ4n) is 2.44. The molecule has 0 radical (unpaired) electrons. The molecule has 2 aromatic rings. The van der Waals surface area contributed by atoms with E-state index in [9.17, 15) is 5.11 Å². The van der Waals surface area contributed by atoms with Crippen LogP contribution in [0, 0.1) is 6.92 Å². The van der Waals surface area contributed by atoms with Gasteiger partial charge in [-0.15, -0.1) is 0 Å². The monoisotopic (exact) mass is 306 g/mol. The summed E-state index contributed by atoms with van der Waals surface area (Å²) >= 11 is 6.33. The molecule has 2 rings (SSSR count). The first-order valence-electron chi connectivity index (χ1n) is 7.53. The summed E-state index contributed by atoms with van der Waals surface area (Å²) < 4.78 is 0. The number of hydrogen-bond donors (Lipinski definition) is 1. The lowest BCUT2D eigenvalue weighted by Gasteiger charge is -2.21. The van der Waals surface area contributed by atoms with Crippen LogP contribution in [0.1, 0.15) is 30.9 Å². The van der Waals surface area contributed by atoms with Gasteiger partial charge in [0.2, 0.25) is 0 Å². The summed E-state index contributed by atoms with van der Waals surface area (Å²) in [5.74, 6) is 0. The lowest BCUT2D eigenvalue weighted by atomic mass is 10.1. The molecule has 0 saturated carbocycles. The van der Waals surface area contributed by atoms with Crippen LogP contribution in [0.5, 0.6) is 0 Å². The zero-order valence-electron chi connectivity index (χ0n) is 12.8. The Labute approximate surface area is 131 Å². The first-order chi connectivity index (χ1) is 10.1. The van der Waals surface area contributed by atoms with Gasteiger partial charge < -0.3 is 5.11 Å². The van der Waals surface area contributed by atoms with Crippen molar-refractivity contribution >= 4 is 22.5 Å². The van der Waals surface area contributed by atoms with E-state index in [1.807, 2.05) is 6.07 Å². The fourth-order valence-corrected chi connectivity index (χ4v) is 2.65. The van der Waals surface area contributed by atoms with E-state index in [1.165, 1.54) is 5.56 Å². The molecule has 1 aromatic heterocycles. The van der Waals surface area contributed by atoms with Gasteiger partial charge in [0.1, 0.15) is 5.15 Å². The van der Waals surface area contributed by atoms with Crippen molar-refractivity contribution in [2.75, 3.05) is 19.7 Å². The zero-order valence-corrected chi connectivity index (χ0v) is 13.5. The van der Waals surface area contributed by atoms with Crippen LogP contribution in [0.25, 0.3) is 10.9 Å². The number of nitrogens with zero attached hydrogens (tertiary/aromatic N) is 2. The van der Waals surface area contributed by atoms with Crippen LogP contribution in [0.15, 0.2) is 24.3 Å². The summed E-state index contributed by atoms with van der Waals surface area (Å²) in [4.78, 5) is 6.73. The maximum absolute atomic E-state index is 9.20. The normalized spacial score (nSPS) is 11.5. The number of fused-ring (bicyclic) bond motifs is 1. The predicted octanol–water partition coefficient (Wildman–Crippen LogP) is 3.79. The molecular formula is C17H23ClN2O. The van der Waals surface area contributed by atoms with Crippen molar-refractivity contribution < 1.29 is 5.11 Å². The Hall–Kier alpha value is -1.16. The third-order valence-electron chi connectivity index (χ3n) is 3.64. The minimum Gasteiger partial charge on any atom is -0.395 e. The van der Waals surface area contributed by atoms with Crippen molar-refractivity contribution in [1.29, 1.82) is 0 Å². The number of halogens is 1. The molecule has 1 heterocycles. The minimum atomic E-state index is 0.168. The number of aliphatic hydroxyl groups is 1. The molecule has 21 heavy (non-hydrogen) atoms. The summed E-state index contributed by atoms with van der Waals surface area (Å²) in [5.41, 5.74) is 3.15. The highest BCUT2D eigenvalue weighted by molar-refractivity contribution is 6.30. The van der Waals surface area contributed by atoms with E-state index in [1.54, 1.807) is 0 Å². The Balaban J connectivity index is 2.23. The molecule has 114 valence electrons. The van der Waals surface area contributed by atoms with Gasteiger partial charge in [-0.05, 0) is 37.6 Å². The highest BCUT2D eigenvalue weighted by Crippen LogP contribution is 2.23. The summed E-state index contributed by atoms with van der Waals surface area (Å²) in [6.07, 6.45) is 2.27. The SMILES string of the molecule is CCCCN(CCO)Cc1cc2ccc(C)cc2nc1Cl. The van der Waals surface area contributed by atoms with Crippen LogP contribution in [-0.4, -0.2) is 34.7 Å². The van der Waals surface area contributed by atoms with Crippen LogP contribution >= 0.6 is 11.6 Å². The molecule has 0 atom stereocenters. The van der Waals surface area contributed by atoms with Crippen molar-refractivity contribution in [1.82, 2.24) is 9.88 Å². The molecule has 0 aliphatic rings. The third-order valence-corrected chi connectivity index (χ3v) is 3.96. The standard InChI is InChI=1S/C17H23ClN2O/c1-3-4-7-20(8-9-21)12-15-11-14-6-5-13(2)10-16(14)19-17(15)18/h5-6,10-11,21H,3-4,7-9,12H2,1-2H3. The first-order valence-corrected chi connectivity index (χ1v) is 7.91. The van der Waals surface area contributed by atoms with Gasteiger partial charge in [0.05, 0.1) is 12.1 Å². The Morgan fingerprint density at radius 3 is 2.76 bits per heavy atom. The number of rotatable bonds is 7. The predicted molar refractivity (Wildman–Crippen MR) is 88.8 cm³/mol. The average molecular weight is 307 g/mol. The molecule has 1 aromatic carbocycles. The average Bonchev–Trinajstić information content (AvgIpc) is 2.46. The Kier molecular flexibility index (Phi) is 5.97. The smallest absolute Gasteiger partial charge is 0.134 e. The maximum atomic E-state index is 9.20. The molecule has 0 saturated heterocycles. The number of pyridine rings is 1. The summed E-state index contributed by atoms with van der Waals surface area (Å²) in [6, 6.07) is 8.33. The van der Waals surface area contributed by atoms with Gasteiger partial charge in [-0.2, -0.15) is 0 Å². The van der Waals surface area contributed by atoms with Crippen molar-refractivity contribution in [2.45, 2.75) is 33.2 Å². The molecule has 0 amide bonds. The van der Waals surface area contributed by atoms with E-state index in [0.29, 0.717) is 11.7 Å². The molecule has 3 nitrogen and oxygen atoms in total. The Bertz CT molecular complexity index is 601. The number of benzene rings is 1. The summed E-state index contributed by atoms with van der Waals surface area (Å²) in [6.45, 7) is 6.76. The topological polar surface area (TPSA) is 36.4 Å². The molecule has 0 aliphatic carbocycles. The number of hydrogen-bond acceptors (Lipinski definition) is 3. The van der Waals surface area contributed by atoms with E-state index in [2.05, 4.69) is 41.9 Å². The second-order valence-corrected chi connectivity index (χ2v) is 5.85. The van der Waals surface area contributed by atoms with Crippen molar-refractivity contribution in [3.05, 3.63) is 40.5 Å². The van der Waals surface area contributed by atoms with Crippen molar-refractivity contribution in [2.24, 2.45) is 0 Å². The van der Waals surface area contributed by atoms with E-state index in [4.69, 9.17) is 11.6 Å². The second kappa shape index (κ2) is 7.74. The first kappa shape index (κ1) is 16.2. The van der Waals surface area contributed by atoms with E-state index in [-0.39, 0.29) is 6.61 Å². The van der Waals surface area contributed by atoms with Crippen LogP contribution in [0.4, 0.5) is 0 Å². The molecular weight excluding hydrogens is 284 g/mol. The van der Waals surface area contributed by atoms with Gasteiger partial charge in [-0.1, -0.05) is 37.1 Å². The van der Waals surface area contributed by atoms with Gasteiger partial charge in [0.25, 0.3) is 0 Å². The summed E-state index contributed by atoms with van der Waals surface area (Å²) in [7, 11) is 0. The second-order valence-electron chi connectivity index (χ2n) is 5.49. The van der Waals surface area contributed by atoms with Crippen LogP contribution in [0.2, 0.25) is 5.15 Å². The number of aryl methyl sites for hydroxylation is 1. The van der Waals surface area contributed by atoms with E-state index in [0.717, 1.165) is 42.4 Å². The fraction of sp³-hybridized carbons (Fsp3) is 0.471. The number of aliphatic hydroxyl groups excluding tert-OH is 1. The van der Waals surface area contributed by atoms with Gasteiger partial charge in [-0.25, -0.2) is 4.98 Å². The Morgan fingerprint density at radius 2 is 2.05 bits per heavy atom. The highest BCUT2D eigenvalue weighted by Gasteiger charge is 2.10. The maximum Gasteiger partial charge on any atom is 0.134 e. The molecule has 0 bridgehead atoms. The minimum absolute atomic E-state index is 0.168. The van der Waals surface area contributed by atoms with Gasteiger partial charge in [0.15, 0.2) is 0 Å². The number of aromatic nitrogens is 1. The Morgan fingerprint density at radius 1 is 1.24 bits per heavy atom. The molecule has 1 N–H and O–H groups in total. The van der Waals surface area contributed by atoms with E-state index >= 15 is 0 Å². The summed E-state index contributed by atoms with van der Waals surface area (Å²) in [5, 5.41) is 10.9. The van der Waals surface area contributed by atoms with Gasteiger partial charge in [-0.3, -0.25) is 4.90 Å². The highest BCUT2D eigenvalue weighted by atomic mass is 35.5. The third kappa shape index (κ3) is 4.40. The zero-order chi connectivity index (χ0) is 15.2. The largest absolute Gasteiger partial charge is 0.395 e. The quantitative estimate of drug-likeness (QED) is 0.791. The lowest BCUT2D eigenvalue weighted by Crippen LogP contribution is -2.27. The molecule has 4 heteroatoms. The molecule has 0 aliphatic heterocycles. The van der Waals surface area contributed by atoms with E-state index < -0.39 is 0 Å². The van der Waals surface area contributed by atoms with Crippen molar-refractivity contribution in [3.8, 4) is 0 Å².